The number of hydrogen-bond donors (Lipinski definition) is 1. The van der Waals surface area contributed by atoms with E-state index < -0.39 is 10.0 Å². The third kappa shape index (κ3) is 3.07. The summed E-state index contributed by atoms with van der Waals surface area (Å²) in [7, 11) is -1.77. The predicted octanol–water partition coefficient (Wildman–Crippen LogP) is 1.44. The lowest BCUT2D eigenvalue weighted by molar-refractivity contribution is 0.0402. The normalized spacial score (nSPS) is 24.9. The van der Waals surface area contributed by atoms with Crippen LogP contribution in [0, 0.1) is 0 Å². The molecule has 1 fully saturated rings. The van der Waals surface area contributed by atoms with Crippen LogP contribution in [0.5, 0.6) is 0 Å². The van der Waals surface area contributed by atoms with Gasteiger partial charge in [0.1, 0.15) is 4.21 Å². The minimum atomic E-state index is -3.43. The molecule has 114 valence electrons. The predicted molar refractivity (Wildman–Crippen MR) is 80.5 cm³/mol. The van der Waals surface area contributed by atoms with Gasteiger partial charge in [-0.2, -0.15) is 4.31 Å². The SMILES string of the molecule is CCc1ccc(S(=O)(=O)N2CCC(OC)CC2CN)s1. The van der Waals surface area contributed by atoms with Gasteiger partial charge in [-0.05, 0) is 31.4 Å². The smallest absolute Gasteiger partial charge is 0.252 e. The molecule has 2 unspecified atom stereocenters. The molecule has 0 aromatic carbocycles. The molecule has 0 saturated carbocycles. The van der Waals surface area contributed by atoms with E-state index in [2.05, 4.69) is 0 Å². The van der Waals surface area contributed by atoms with E-state index in [-0.39, 0.29) is 12.1 Å². The van der Waals surface area contributed by atoms with Crippen molar-refractivity contribution in [3.63, 3.8) is 0 Å². The molecule has 2 rings (SSSR count). The first-order chi connectivity index (χ1) is 9.52. The summed E-state index contributed by atoms with van der Waals surface area (Å²) in [4.78, 5) is 1.08. The quantitative estimate of drug-likeness (QED) is 0.891. The zero-order chi connectivity index (χ0) is 14.8. The Hall–Kier alpha value is -0.470. The molecule has 20 heavy (non-hydrogen) atoms. The molecule has 0 bridgehead atoms. The Morgan fingerprint density at radius 2 is 2.25 bits per heavy atom. The lowest BCUT2D eigenvalue weighted by atomic mass is 10.0. The maximum Gasteiger partial charge on any atom is 0.252 e. The van der Waals surface area contributed by atoms with Gasteiger partial charge in [-0.1, -0.05) is 6.92 Å². The number of methoxy groups -OCH3 is 1. The molecule has 0 amide bonds. The molecule has 1 aromatic heterocycles. The lowest BCUT2D eigenvalue weighted by Crippen LogP contribution is -2.50. The molecular formula is C13H22N2O3S2. The summed E-state index contributed by atoms with van der Waals surface area (Å²) in [5.41, 5.74) is 5.76. The first-order valence-electron chi connectivity index (χ1n) is 6.86. The minimum Gasteiger partial charge on any atom is -0.381 e. The van der Waals surface area contributed by atoms with Crippen LogP contribution in [-0.4, -0.2) is 45.1 Å². The number of hydrogen-bond acceptors (Lipinski definition) is 5. The molecule has 1 aliphatic rings. The third-order valence-electron chi connectivity index (χ3n) is 3.77. The largest absolute Gasteiger partial charge is 0.381 e. The average molecular weight is 318 g/mol. The van der Waals surface area contributed by atoms with Crippen molar-refractivity contribution in [1.82, 2.24) is 4.31 Å². The molecule has 2 N–H and O–H groups in total. The van der Waals surface area contributed by atoms with E-state index in [1.165, 1.54) is 11.3 Å². The third-order valence-corrected chi connectivity index (χ3v) is 7.42. The van der Waals surface area contributed by atoms with Crippen molar-refractivity contribution >= 4 is 21.4 Å². The second-order valence-electron chi connectivity index (χ2n) is 4.96. The standard InChI is InChI=1S/C13H22N2O3S2/c1-3-12-4-5-13(19-12)20(16,17)15-7-6-11(18-2)8-10(15)9-14/h4-5,10-11H,3,6-9,14H2,1-2H3. The number of nitrogens with zero attached hydrogens (tertiary/aromatic N) is 1. The van der Waals surface area contributed by atoms with Gasteiger partial charge in [0.25, 0.3) is 10.0 Å². The van der Waals surface area contributed by atoms with Crippen molar-refractivity contribution in [3.05, 3.63) is 17.0 Å². The zero-order valence-electron chi connectivity index (χ0n) is 11.9. The summed E-state index contributed by atoms with van der Waals surface area (Å²) in [6.45, 7) is 2.82. The number of ether oxygens (including phenoxy) is 1. The van der Waals surface area contributed by atoms with Crippen molar-refractivity contribution in [1.29, 1.82) is 0 Å². The van der Waals surface area contributed by atoms with E-state index in [1.54, 1.807) is 17.5 Å². The fourth-order valence-electron chi connectivity index (χ4n) is 2.54. The van der Waals surface area contributed by atoms with E-state index in [9.17, 15) is 8.42 Å². The summed E-state index contributed by atoms with van der Waals surface area (Å²) in [5.74, 6) is 0. The fraction of sp³-hybridized carbons (Fsp3) is 0.692. The zero-order valence-corrected chi connectivity index (χ0v) is 13.5. The topological polar surface area (TPSA) is 72.6 Å². The number of sulfonamides is 1. The summed E-state index contributed by atoms with van der Waals surface area (Å²) in [6.07, 6.45) is 2.34. The highest BCUT2D eigenvalue weighted by molar-refractivity contribution is 7.91. The van der Waals surface area contributed by atoms with Gasteiger partial charge in [0.2, 0.25) is 0 Å². The van der Waals surface area contributed by atoms with Gasteiger partial charge in [-0.15, -0.1) is 11.3 Å². The van der Waals surface area contributed by atoms with Crippen molar-refractivity contribution in [2.75, 3.05) is 20.2 Å². The average Bonchev–Trinajstić information content (AvgIpc) is 2.96. The van der Waals surface area contributed by atoms with Crippen LogP contribution in [0.1, 0.15) is 24.6 Å². The first-order valence-corrected chi connectivity index (χ1v) is 9.12. The molecule has 7 heteroatoms. The van der Waals surface area contributed by atoms with E-state index >= 15 is 0 Å². The lowest BCUT2D eigenvalue weighted by Gasteiger charge is -2.37. The van der Waals surface area contributed by atoms with Crippen LogP contribution >= 0.6 is 11.3 Å². The number of nitrogens with two attached hydrogens (primary N) is 1. The Morgan fingerprint density at radius 1 is 1.50 bits per heavy atom. The van der Waals surface area contributed by atoms with Crippen LogP contribution in [-0.2, 0) is 21.2 Å². The minimum absolute atomic E-state index is 0.101. The molecule has 1 saturated heterocycles. The second-order valence-corrected chi connectivity index (χ2v) is 8.25. The molecule has 2 heterocycles. The molecule has 1 aliphatic heterocycles. The molecule has 0 spiro atoms. The Morgan fingerprint density at radius 3 is 2.80 bits per heavy atom. The first kappa shape index (κ1) is 15.9. The number of piperidine rings is 1. The Bertz CT molecular complexity index is 542. The second kappa shape index (κ2) is 6.53. The van der Waals surface area contributed by atoms with E-state index in [4.69, 9.17) is 10.5 Å². The van der Waals surface area contributed by atoms with Gasteiger partial charge in [0.05, 0.1) is 6.10 Å². The molecule has 0 radical (unpaired) electrons. The van der Waals surface area contributed by atoms with Crippen LogP contribution in [0.15, 0.2) is 16.3 Å². The van der Waals surface area contributed by atoms with Gasteiger partial charge in [-0.3, -0.25) is 0 Å². The van der Waals surface area contributed by atoms with E-state index in [0.717, 1.165) is 17.7 Å². The van der Waals surface area contributed by atoms with Crippen molar-refractivity contribution < 1.29 is 13.2 Å². The number of aryl methyl sites for hydroxylation is 1. The Labute approximate surface area is 124 Å². The van der Waals surface area contributed by atoms with Crippen molar-refractivity contribution in [2.45, 2.75) is 42.5 Å². The highest BCUT2D eigenvalue weighted by Gasteiger charge is 2.36. The Kier molecular flexibility index (Phi) is 5.19. The monoisotopic (exact) mass is 318 g/mol. The number of rotatable bonds is 5. The van der Waals surface area contributed by atoms with E-state index in [1.807, 2.05) is 13.0 Å². The van der Waals surface area contributed by atoms with Crippen LogP contribution in [0.4, 0.5) is 0 Å². The van der Waals surface area contributed by atoms with Gasteiger partial charge in [0, 0.05) is 31.1 Å². The molecule has 0 aliphatic carbocycles. The van der Waals surface area contributed by atoms with Gasteiger partial charge in [-0.25, -0.2) is 8.42 Å². The van der Waals surface area contributed by atoms with Gasteiger partial charge < -0.3 is 10.5 Å². The van der Waals surface area contributed by atoms with E-state index in [0.29, 0.717) is 23.7 Å². The van der Waals surface area contributed by atoms with Crippen LogP contribution in [0.2, 0.25) is 0 Å². The molecule has 1 aromatic rings. The summed E-state index contributed by atoms with van der Waals surface area (Å²) >= 11 is 1.35. The maximum absolute atomic E-state index is 12.7. The molecular weight excluding hydrogens is 296 g/mol. The van der Waals surface area contributed by atoms with Crippen molar-refractivity contribution in [3.8, 4) is 0 Å². The van der Waals surface area contributed by atoms with Crippen molar-refractivity contribution in [2.24, 2.45) is 5.73 Å². The molecule has 5 nitrogen and oxygen atoms in total. The summed E-state index contributed by atoms with van der Waals surface area (Å²) in [6, 6.07) is 3.41. The summed E-state index contributed by atoms with van der Waals surface area (Å²) < 4.78 is 32.7. The van der Waals surface area contributed by atoms with Crippen LogP contribution < -0.4 is 5.73 Å². The van der Waals surface area contributed by atoms with Gasteiger partial charge >= 0.3 is 0 Å². The summed E-state index contributed by atoms with van der Waals surface area (Å²) in [5, 5.41) is 0. The highest BCUT2D eigenvalue weighted by Crippen LogP contribution is 2.30. The molecule has 2 atom stereocenters. The highest BCUT2D eigenvalue weighted by atomic mass is 32.2. The number of thiophene rings is 1. The fourth-order valence-corrected chi connectivity index (χ4v) is 5.63. The Balaban J connectivity index is 2.24. The van der Waals surface area contributed by atoms with Gasteiger partial charge in [0.15, 0.2) is 0 Å². The van der Waals surface area contributed by atoms with Crippen LogP contribution in [0.3, 0.4) is 0 Å². The van der Waals surface area contributed by atoms with Crippen LogP contribution in [0.25, 0.3) is 0 Å². The maximum atomic E-state index is 12.7.